The average Bonchev–Trinajstić information content (AvgIpc) is 2.98. The molecule has 1 N–H and O–H groups in total. The predicted molar refractivity (Wildman–Crippen MR) is 123 cm³/mol. The molecule has 1 spiro atoms. The Bertz CT molecular complexity index is 1330. The molecule has 4 aliphatic rings. The SMILES string of the molecule is CC1(C)CC(=O)C2=C(NC3=CCCC(=O)C3C23C(=O)c2cccc4cccc3c24)C1(C)C. The number of hydrogen-bond donors (Lipinski definition) is 1. The zero-order valence-corrected chi connectivity index (χ0v) is 19.0. The fraction of sp³-hybridized carbons (Fsp3) is 0.393. The number of hydrogen-bond acceptors (Lipinski definition) is 4. The van der Waals surface area contributed by atoms with Crippen molar-refractivity contribution in [2.75, 3.05) is 0 Å². The van der Waals surface area contributed by atoms with Crippen LogP contribution in [0.25, 0.3) is 10.8 Å². The van der Waals surface area contributed by atoms with Crippen LogP contribution in [0.5, 0.6) is 0 Å². The molecule has 2 aromatic rings. The van der Waals surface area contributed by atoms with Crippen LogP contribution in [-0.4, -0.2) is 17.3 Å². The van der Waals surface area contributed by atoms with E-state index in [0.29, 0.717) is 30.4 Å². The van der Waals surface area contributed by atoms with Crippen molar-refractivity contribution < 1.29 is 14.4 Å². The molecule has 32 heavy (non-hydrogen) atoms. The Balaban J connectivity index is 1.80. The predicted octanol–water partition coefficient (Wildman–Crippen LogP) is 5.02. The smallest absolute Gasteiger partial charge is 0.179 e. The molecule has 0 saturated carbocycles. The lowest BCUT2D eigenvalue weighted by molar-refractivity contribution is -0.125. The normalized spacial score (nSPS) is 29.7. The highest BCUT2D eigenvalue weighted by atomic mass is 16.1. The van der Waals surface area contributed by atoms with E-state index in [2.05, 4.69) is 39.1 Å². The summed E-state index contributed by atoms with van der Waals surface area (Å²) < 4.78 is 0. The van der Waals surface area contributed by atoms with Gasteiger partial charge in [-0.3, -0.25) is 14.4 Å². The van der Waals surface area contributed by atoms with Gasteiger partial charge in [0.15, 0.2) is 11.6 Å². The van der Waals surface area contributed by atoms with Crippen LogP contribution < -0.4 is 5.32 Å². The van der Waals surface area contributed by atoms with Gasteiger partial charge in [-0.05, 0) is 28.2 Å². The van der Waals surface area contributed by atoms with Gasteiger partial charge >= 0.3 is 0 Å². The van der Waals surface area contributed by atoms with Gasteiger partial charge in [-0.2, -0.15) is 0 Å². The van der Waals surface area contributed by atoms with Crippen molar-refractivity contribution in [1.29, 1.82) is 0 Å². The van der Waals surface area contributed by atoms with Gasteiger partial charge in [0.25, 0.3) is 0 Å². The molecule has 6 rings (SSSR count). The maximum atomic E-state index is 14.4. The molecule has 2 atom stereocenters. The second-order valence-electron chi connectivity index (χ2n) is 10.9. The third-order valence-corrected chi connectivity index (χ3v) is 8.87. The summed E-state index contributed by atoms with van der Waals surface area (Å²) in [5.74, 6) is -0.766. The highest BCUT2D eigenvalue weighted by Gasteiger charge is 2.66. The third-order valence-electron chi connectivity index (χ3n) is 8.87. The molecule has 3 aliphatic carbocycles. The number of rotatable bonds is 0. The number of fused-ring (bicyclic) bond motifs is 4. The van der Waals surface area contributed by atoms with Crippen molar-refractivity contribution >= 4 is 28.1 Å². The summed E-state index contributed by atoms with van der Waals surface area (Å²) in [6.45, 7) is 8.52. The van der Waals surface area contributed by atoms with Crippen LogP contribution in [0, 0.1) is 16.7 Å². The molecule has 4 nitrogen and oxygen atoms in total. The molecule has 1 aliphatic heterocycles. The minimum atomic E-state index is -1.28. The van der Waals surface area contributed by atoms with Crippen molar-refractivity contribution in [3.8, 4) is 0 Å². The van der Waals surface area contributed by atoms with Gasteiger partial charge in [0.1, 0.15) is 11.2 Å². The molecule has 0 fully saturated rings. The van der Waals surface area contributed by atoms with E-state index >= 15 is 0 Å². The van der Waals surface area contributed by atoms with Crippen molar-refractivity contribution in [3.63, 3.8) is 0 Å². The van der Waals surface area contributed by atoms with E-state index in [1.54, 1.807) is 0 Å². The maximum Gasteiger partial charge on any atom is 0.179 e. The van der Waals surface area contributed by atoms with Crippen molar-refractivity contribution in [1.82, 2.24) is 5.32 Å². The summed E-state index contributed by atoms with van der Waals surface area (Å²) in [4.78, 5) is 41.9. The number of ketones is 3. The number of benzene rings is 2. The Labute approximate surface area is 187 Å². The Kier molecular flexibility index (Phi) is 3.60. The van der Waals surface area contributed by atoms with Gasteiger partial charge in [-0.15, -0.1) is 0 Å². The van der Waals surface area contributed by atoms with Crippen molar-refractivity contribution in [3.05, 3.63) is 70.6 Å². The summed E-state index contributed by atoms with van der Waals surface area (Å²) in [5, 5.41) is 5.41. The molecule has 1 heterocycles. The lowest BCUT2D eigenvalue weighted by Crippen LogP contribution is -2.60. The first-order chi connectivity index (χ1) is 15.1. The van der Waals surface area contributed by atoms with E-state index in [0.717, 1.165) is 27.7 Å². The largest absolute Gasteiger partial charge is 0.361 e. The zero-order valence-electron chi connectivity index (χ0n) is 19.0. The molecule has 4 heteroatoms. The molecule has 2 unspecified atom stereocenters. The first kappa shape index (κ1) is 19.7. The summed E-state index contributed by atoms with van der Waals surface area (Å²) >= 11 is 0. The summed E-state index contributed by atoms with van der Waals surface area (Å²) in [6, 6.07) is 11.7. The first-order valence-corrected chi connectivity index (χ1v) is 11.5. The van der Waals surface area contributed by atoms with Crippen molar-refractivity contribution in [2.45, 2.75) is 52.4 Å². The van der Waals surface area contributed by atoms with Crippen LogP contribution in [0.15, 0.2) is 59.4 Å². The lowest BCUT2D eigenvalue weighted by Gasteiger charge is -2.55. The fourth-order valence-corrected chi connectivity index (χ4v) is 6.56. The fourth-order valence-electron chi connectivity index (χ4n) is 6.56. The molecular weight excluding hydrogens is 398 g/mol. The second-order valence-corrected chi connectivity index (χ2v) is 10.9. The Morgan fingerprint density at radius 1 is 0.969 bits per heavy atom. The van der Waals surface area contributed by atoms with E-state index in [-0.39, 0.29) is 28.2 Å². The number of allylic oxidation sites excluding steroid dienone is 4. The van der Waals surface area contributed by atoms with Gasteiger partial charge in [-0.25, -0.2) is 0 Å². The van der Waals surface area contributed by atoms with Crippen LogP contribution in [-0.2, 0) is 15.0 Å². The standard InChI is InChI=1S/C28H27NO3/c1-26(2)14-20(31)23-24(27(26,3)4)29-18-12-7-13-19(30)22(18)28(23)17-11-6-9-15-8-5-10-16(21(15)17)25(28)32/h5-6,8-12,22,29H,7,13-14H2,1-4H3. The van der Waals surface area contributed by atoms with Gasteiger partial charge in [-0.1, -0.05) is 70.2 Å². The average molecular weight is 426 g/mol. The van der Waals surface area contributed by atoms with Gasteiger partial charge in [0.05, 0.1) is 5.92 Å². The van der Waals surface area contributed by atoms with Crippen LogP contribution in [0.4, 0.5) is 0 Å². The topological polar surface area (TPSA) is 63.2 Å². The quantitative estimate of drug-likeness (QED) is 0.644. The maximum absolute atomic E-state index is 14.4. The van der Waals surface area contributed by atoms with Crippen LogP contribution >= 0.6 is 0 Å². The molecule has 0 saturated heterocycles. The summed E-state index contributed by atoms with van der Waals surface area (Å²) in [7, 11) is 0. The number of nitrogens with one attached hydrogen (secondary N) is 1. The Hall–Kier alpha value is -3.01. The van der Waals surface area contributed by atoms with Gasteiger partial charge in [0, 0.05) is 40.8 Å². The number of carbonyl (C=O) groups excluding carboxylic acids is 3. The van der Waals surface area contributed by atoms with Gasteiger partial charge < -0.3 is 5.32 Å². The van der Waals surface area contributed by atoms with E-state index in [1.165, 1.54) is 0 Å². The lowest BCUT2D eigenvalue weighted by atomic mass is 9.50. The van der Waals surface area contributed by atoms with E-state index < -0.39 is 11.3 Å². The minimum Gasteiger partial charge on any atom is -0.361 e. The van der Waals surface area contributed by atoms with Crippen LogP contribution in [0.2, 0.25) is 0 Å². The molecular formula is C28H27NO3. The molecule has 2 aromatic carbocycles. The number of carbonyl (C=O) groups is 3. The molecule has 0 aromatic heterocycles. The highest BCUT2D eigenvalue weighted by Crippen LogP contribution is 2.62. The van der Waals surface area contributed by atoms with Gasteiger partial charge in [0.2, 0.25) is 0 Å². The van der Waals surface area contributed by atoms with E-state index in [9.17, 15) is 14.4 Å². The first-order valence-electron chi connectivity index (χ1n) is 11.5. The minimum absolute atomic E-state index is 0.0209. The third kappa shape index (κ3) is 2.02. The second kappa shape index (κ2) is 5.86. The van der Waals surface area contributed by atoms with E-state index in [4.69, 9.17) is 0 Å². The molecule has 0 radical (unpaired) electrons. The molecule has 162 valence electrons. The summed E-state index contributed by atoms with van der Waals surface area (Å²) in [5.41, 5.74) is 1.62. The number of Topliss-reactive ketones (excluding diaryl/α,β-unsaturated/α-hetero) is 3. The highest BCUT2D eigenvalue weighted by molar-refractivity contribution is 6.27. The molecule has 0 amide bonds. The monoisotopic (exact) mass is 425 g/mol. The zero-order chi connectivity index (χ0) is 22.6. The van der Waals surface area contributed by atoms with E-state index in [1.807, 2.05) is 36.4 Å². The summed E-state index contributed by atoms with van der Waals surface area (Å²) in [6.07, 6.45) is 3.46. The van der Waals surface area contributed by atoms with Crippen LogP contribution in [0.1, 0.15) is 62.9 Å². The Morgan fingerprint density at radius 2 is 1.69 bits per heavy atom. The van der Waals surface area contributed by atoms with Crippen molar-refractivity contribution in [2.24, 2.45) is 16.7 Å². The molecule has 0 bridgehead atoms. The van der Waals surface area contributed by atoms with Crippen LogP contribution in [0.3, 0.4) is 0 Å². The Morgan fingerprint density at radius 3 is 2.44 bits per heavy atom.